The number of nitrogens with zero attached hydrogens (tertiary/aromatic N) is 3. The first kappa shape index (κ1) is 18.3. The standard InChI is InChI=1S/C17H14F2N4O4/c18-16(19)27-13-6-2-1-4-11(13)21-14(24)9-23-15(25)10(8-20)12-5-3-7-22(12)17(23)26/h1-2,4,6,16H,3,5,7,9H2,(H,21,24). The summed E-state index contributed by atoms with van der Waals surface area (Å²) in [7, 11) is 0. The Hall–Kier alpha value is -3.48. The van der Waals surface area contributed by atoms with E-state index in [4.69, 9.17) is 0 Å². The number of rotatable bonds is 5. The molecule has 0 bridgehead atoms. The van der Waals surface area contributed by atoms with Crippen LogP contribution in [0.1, 0.15) is 17.7 Å². The van der Waals surface area contributed by atoms with Gasteiger partial charge in [-0.2, -0.15) is 14.0 Å². The van der Waals surface area contributed by atoms with Crippen LogP contribution in [0.25, 0.3) is 0 Å². The molecule has 1 aliphatic heterocycles. The molecular formula is C17H14F2N4O4. The van der Waals surface area contributed by atoms with Gasteiger partial charge in [0.05, 0.1) is 5.69 Å². The number of carbonyl (C=O) groups excluding carboxylic acids is 1. The molecular weight excluding hydrogens is 362 g/mol. The average molecular weight is 376 g/mol. The number of amides is 1. The summed E-state index contributed by atoms with van der Waals surface area (Å²) in [6.45, 7) is -3.38. The van der Waals surface area contributed by atoms with E-state index in [0.717, 1.165) is 0 Å². The number of anilines is 1. The number of nitriles is 1. The number of alkyl halides is 2. The quantitative estimate of drug-likeness (QED) is 0.840. The van der Waals surface area contributed by atoms with Crippen LogP contribution in [-0.4, -0.2) is 21.7 Å². The molecule has 0 spiro atoms. The number of carbonyl (C=O) groups is 1. The largest absolute Gasteiger partial charge is 0.433 e. The van der Waals surface area contributed by atoms with E-state index in [9.17, 15) is 28.4 Å². The molecule has 0 unspecified atom stereocenters. The van der Waals surface area contributed by atoms with Gasteiger partial charge in [0.2, 0.25) is 5.91 Å². The third kappa shape index (κ3) is 3.57. The first-order valence-electron chi connectivity index (χ1n) is 8.02. The molecule has 0 saturated heterocycles. The van der Waals surface area contributed by atoms with Crippen molar-refractivity contribution in [1.29, 1.82) is 5.26 Å². The molecule has 1 amide bonds. The van der Waals surface area contributed by atoms with Gasteiger partial charge in [-0.1, -0.05) is 12.1 Å². The van der Waals surface area contributed by atoms with Crippen molar-refractivity contribution in [2.24, 2.45) is 0 Å². The summed E-state index contributed by atoms with van der Waals surface area (Å²) in [5, 5.41) is 11.6. The number of aromatic nitrogens is 2. The molecule has 27 heavy (non-hydrogen) atoms. The molecule has 0 saturated carbocycles. The number of hydrogen-bond acceptors (Lipinski definition) is 5. The molecule has 1 aromatic heterocycles. The van der Waals surface area contributed by atoms with E-state index >= 15 is 0 Å². The van der Waals surface area contributed by atoms with Crippen molar-refractivity contribution in [2.45, 2.75) is 32.5 Å². The Labute approximate surface area is 151 Å². The van der Waals surface area contributed by atoms with Crippen molar-refractivity contribution in [3.8, 4) is 11.8 Å². The van der Waals surface area contributed by atoms with Crippen LogP contribution in [0.4, 0.5) is 14.5 Å². The first-order chi connectivity index (χ1) is 12.9. The van der Waals surface area contributed by atoms with E-state index in [1.807, 2.05) is 0 Å². The topological polar surface area (TPSA) is 106 Å². The zero-order valence-corrected chi connectivity index (χ0v) is 13.9. The van der Waals surface area contributed by atoms with Gasteiger partial charge in [-0.15, -0.1) is 0 Å². The number of fused-ring (bicyclic) bond motifs is 1. The lowest BCUT2D eigenvalue weighted by Crippen LogP contribution is -2.44. The van der Waals surface area contributed by atoms with Crippen molar-refractivity contribution in [3.05, 3.63) is 56.4 Å². The summed E-state index contributed by atoms with van der Waals surface area (Å²) in [6.07, 6.45) is 1.07. The van der Waals surface area contributed by atoms with Crippen molar-refractivity contribution >= 4 is 11.6 Å². The summed E-state index contributed by atoms with van der Waals surface area (Å²) >= 11 is 0. The van der Waals surface area contributed by atoms with Crippen molar-refractivity contribution in [1.82, 2.24) is 9.13 Å². The Morgan fingerprint density at radius 3 is 2.78 bits per heavy atom. The number of benzene rings is 1. The number of para-hydroxylation sites is 2. The van der Waals surface area contributed by atoms with Crippen LogP contribution in [-0.2, 0) is 24.3 Å². The van der Waals surface area contributed by atoms with Gasteiger partial charge in [-0.05, 0) is 25.0 Å². The Morgan fingerprint density at radius 1 is 1.33 bits per heavy atom. The maximum absolute atomic E-state index is 12.5. The summed E-state index contributed by atoms with van der Waals surface area (Å²) < 4.78 is 31.2. The molecule has 0 aliphatic carbocycles. The number of hydrogen-bond donors (Lipinski definition) is 1. The molecule has 0 atom stereocenters. The Kier molecular flexibility index (Phi) is 5.03. The fourth-order valence-corrected chi connectivity index (χ4v) is 2.99. The molecule has 2 heterocycles. The number of halogens is 2. The summed E-state index contributed by atoms with van der Waals surface area (Å²) in [4.78, 5) is 37.1. The van der Waals surface area contributed by atoms with Gasteiger partial charge in [0.1, 0.15) is 23.9 Å². The predicted molar refractivity (Wildman–Crippen MR) is 89.7 cm³/mol. The second-order valence-corrected chi connectivity index (χ2v) is 5.79. The van der Waals surface area contributed by atoms with Crippen LogP contribution in [0.3, 0.4) is 0 Å². The van der Waals surface area contributed by atoms with E-state index in [1.165, 1.54) is 28.8 Å². The summed E-state index contributed by atoms with van der Waals surface area (Å²) in [5.74, 6) is -1.04. The average Bonchev–Trinajstić information content (AvgIpc) is 3.10. The molecule has 140 valence electrons. The Balaban J connectivity index is 1.90. The lowest BCUT2D eigenvalue weighted by Gasteiger charge is -2.13. The lowest BCUT2D eigenvalue weighted by molar-refractivity contribution is -0.117. The summed E-state index contributed by atoms with van der Waals surface area (Å²) in [6, 6.07) is 7.32. The van der Waals surface area contributed by atoms with Crippen LogP contribution < -0.4 is 21.3 Å². The molecule has 1 N–H and O–H groups in total. The number of nitrogens with one attached hydrogen (secondary N) is 1. The minimum atomic E-state index is -3.08. The van der Waals surface area contributed by atoms with Crippen LogP contribution in [0, 0.1) is 11.3 Å². The fourth-order valence-electron chi connectivity index (χ4n) is 2.99. The highest BCUT2D eigenvalue weighted by Gasteiger charge is 2.23. The molecule has 1 aliphatic rings. The highest BCUT2D eigenvalue weighted by Crippen LogP contribution is 2.25. The van der Waals surface area contributed by atoms with E-state index < -0.39 is 30.3 Å². The van der Waals surface area contributed by atoms with Gasteiger partial charge < -0.3 is 10.1 Å². The van der Waals surface area contributed by atoms with Crippen molar-refractivity contribution < 1.29 is 18.3 Å². The predicted octanol–water partition coefficient (Wildman–Crippen LogP) is 1.07. The van der Waals surface area contributed by atoms with E-state index in [1.54, 1.807) is 6.07 Å². The summed E-state index contributed by atoms with van der Waals surface area (Å²) in [5.41, 5.74) is -1.35. The Bertz CT molecular complexity index is 1050. The third-order valence-corrected chi connectivity index (χ3v) is 4.12. The lowest BCUT2D eigenvalue weighted by atomic mass is 10.2. The van der Waals surface area contributed by atoms with Crippen LogP contribution in [0.5, 0.6) is 5.75 Å². The molecule has 10 heteroatoms. The smallest absolute Gasteiger partial charge is 0.387 e. The molecule has 3 rings (SSSR count). The molecule has 0 fully saturated rings. The zero-order valence-electron chi connectivity index (χ0n) is 13.9. The second kappa shape index (κ2) is 7.41. The number of ether oxygens (including phenoxy) is 1. The Morgan fingerprint density at radius 2 is 2.07 bits per heavy atom. The highest BCUT2D eigenvalue weighted by molar-refractivity contribution is 5.92. The van der Waals surface area contributed by atoms with E-state index in [-0.39, 0.29) is 17.0 Å². The molecule has 8 nitrogen and oxygen atoms in total. The van der Waals surface area contributed by atoms with Gasteiger partial charge in [-0.25, -0.2) is 9.36 Å². The zero-order chi connectivity index (χ0) is 19.6. The first-order valence-corrected chi connectivity index (χ1v) is 8.02. The van der Waals surface area contributed by atoms with Crippen LogP contribution in [0.15, 0.2) is 33.9 Å². The second-order valence-electron chi connectivity index (χ2n) is 5.79. The minimum absolute atomic E-state index is 0.0300. The van der Waals surface area contributed by atoms with Crippen molar-refractivity contribution in [2.75, 3.05) is 5.32 Å². The normalized spacial score (nSPS) is 12.5. The minimum Gasteiger partial charge on any atom is -0.433 e. The third-order valence-electron chi connectivity index (χ3n) is 4.12. The molecule has 1 aromatic carbocycles. The van der Waals surface area contributed by atoms with Crippen molar-refractivity contribution in [3.63, 3.8) is 0 Å². The van der Waals surface area contributed by atoms with Crippen LogP contribution in [0.2, 0.25) is 0 Å². The van der Waals surface area contributed by atoms with Gasteiger partial charge in [-0.3, -0.25) is 14.2 Å². The fraction of sp³-hybridized carbons (Fsp3) is 0.294. The maximum Gasteiger partial charge on any atom is 0.387 e. The van der Waals surface area contributed by atoms with Gasteiger partial charge in [0.25, 0.3) is 5.56 Å². The van der Waals surface area contributed by atoms with E-state index in [0.29, 0.717) is 29.6 Å². The SMILES string of the molecule is N#Cc1c2n(c(=O)n(CC(=O)Nc3ccccc3OC(F)F)c1=O)CCC2. The monoisotopic (exact) mass is 376 g/mol. The maximum atomic E-state index is 12.5. The molecule has 2 aromatic rings. The van der Waals surface area contributed by atoms with Gasteiger partial charge in [0.15, 0.2) is 0 Å². The van der Waals surface area contributed by atoms with E-state index in [2.05, 4.69) is 10.1 Å². The molecule has 0 radical (unpaired) electrons. The van der Waals surface area contributed by atoms with Gasteiger partial charge >= 0.3 is 12.3 Å². The highest BCUT2D eigenvalue weighted by atomic mass is 19.3. The van der Waals surface area contributed by atoms with Crippen LogP contribution >= 0.6 is 0 Å². The van der Waals surface area contributed by atoms with Gasteiger partial charge in [0, 0.05) is 12.2 Å².